The van der Waals surface area contributed by atoms with E-state index < -0.39 is 21.4 Å². The molecule has 2 rings (SSSR count). The summed E-state index contributed by atoms with van der Waals surface area (Å²) in [6, 6.07) is 3.09. The minimum atomic E-state index is -3.93. The summed E-state index contributed by atoms with van der Waals surface area (Å²) in [5.74, 6) is -0.691. The van der Waals surface area contributed by atoms with Gasteiger partial charge in [-0.1, -0.05) is 11.6 Å². The van der Waals surface area contributed by atoms with Gasteiger partial charge in [0.05, 0.1) is 5.02 Å². The van der Waals surface area contributed by atoms with Gasteiger partial charge in [-0.3, -0.25) is 0 Å². The van der Waals surface area contributed by atoms with Gasteiger partial charge in [-0.2, -0.15) is 0 Å². The topological polar surface area (TPSA) is 78.4 Å². The lowest BCUT2D eigenvalue weighted by Crippen LogP contribution is -2.64. The zero-order chi connectivity index (χ0) is 13.4. The molecule has 5 nitrogen and oxygen atoms in total. The van der Waals surface area contributed by atoms with Gasteiger partial charge in [0.25, 0.3) is 0 Å². The van der Waals surface area contributed by atoms with E-state index in [9.17, 15) is 17.9 Å². The molecule has 18 heavy (non-hydrogen) atoms. The Bertz CT molecular complexity index is 560. The third-order valence-corrected chi connectivity index (χ3v) is 4.56. The summed E-state index contributed by atoms with van der Waals surface area (Å²) < 4.78 is 39.0. The largest absolute Gasteiger partial charge is 0.386 e. The quantitative estimate of drug-likeness (QED) is 0.735. The third kappa shape index (κ3) is 2.81. The van der Waals surface area contributed by atoms with Gasteiger partial charge in [0.1, 0.15) is 16.3 Å². The molecule has 0 radical (unpaired) electrons. The summed E-state index contributed by atoms with van der Waals surface area (Å²) in [6.45, 7) is 0.480. The van der Waals surface area contributed by atoms with Crippen molar-refractivity contribution in [3.8, 4) is 0 Å². The van der Waals surface area contributed by atoms with Crippen molar-refractivity contribution >= 4 is 21.6 Å². The van der Waals surface area contributed by atoms with Crippen molar-refractivity contribution in [2.75, 3.05) is 19.6 Å². The van der Waals surface area contributed by atoms with Crippen LogP contribution in [0, 0.1) is 5.82 Å². The van der Waals surface area contributed by atoms with Crippen LogP contribution in [0.4, 0.5) is 4.39 Å². The van der Waals surface area contributed by atoms with Gasteiger partial charge in [0.15, 0.2) is 0 Å². The fourth-order valence-corrected chi connectivity index (χ4v) is 3.16. The van der Waals surface area contributed by atoms with Crippen molar-refractivity contribution in [1.29, 1.82) is 0 Å². The number of rotatable bonds is 4. The molecule has 1 aliphatic rings. The predicted octanol–water partition coefficient (Wildman–Crippen LogP) is 0.0917. The highest BCUT2D eigenvalue weighted by Gasteiger charge is 2.35. The molecule has 0 amide bonds. The number of aliphatic hydroxyl groups is 1. The average molecular weight is 295 g/mol. The molecule has 0 bridgehead atoms. The van der Waals surface area contributed by atoms with E-state index in [1.165, 1.54) is 6.07 Å². The highest BCUT2D eigenvalue weighted by Crippen LogP contribution is 2.22. The van der Waals surface area contributed by atoms with Crippen LogP contribution in [-0.2, 0) is 10.0 Å². The highest BCUT2D eigenvalue weighted by atomic mass is 35.5. The molecule has 0 spiro atoms. The maximum absolute atomic E-state index is 13.0. The summed E-state index contributed by atoms with van der Waals surface area (Å²) >= 11 is 5.72. The van der Waals surface area contributed by atoms with Crippen molar-refractivity contribution in [3.05, 3.63) is 29.0 Å². The van der Waals surface area contributed by atoms with Crippen LogP contribution < -0.4 is 10.0 Å². The Morgan fingerprint density at radius 1 is 1.50 bits per heavy atom. The lowest BCUT2D eigenvalue weighted by atomic mass is 9.98. The molecule has 1 fully saturated rings. The van der Waals surface area contributed by atoms with E-state index in [0.717, 1.165) is 12.1 Å². The van der Waals surface area contributed by atoms with E-state index >= 15 is 0 Å². The fraction of sp³-hybridized carbons (Fsp3) is 0.400. The molecule has 0 saturated carbocycles. The van der Waals surface area contributed by atoms with Gasteiger partial charge in [-0.25, -0.2) is 17.5 Å². The summed E-state index contributed by atoms with van der Waals surface area (Å²) in [7, 11) is -3.93. The molecule has 0 atom stereocenters. The molecule has 1 saturated heterocycles. The van der Waals surface area contributed by atoms with Crippen molar-refractivity contribution in [3.63, 3.8) is 0 Å². The summed E-state index contributed by atoms with van der Waals surface area (Å²) in [4.78, 5) is -0.333. The molecule has 3 N–H and O–H groups in total. The average Bonchev–Trinajstić information content (AvgIpc) is 2.27. The Labute approximate surface area is 109 Å². The van der Waals surface area contributed by atoms with Crippen molar-refractivity contribution in [2.45, 2.75) is 10.5 Å². The van der Waals surface area contributed by atoms with Crippen LogP contribution in [0.25, 0.3) is 0 Å². The number of sulfonamides is 1. The summed E-state index contributed by atoms with van der Waals surface area (Å²) in [6.07, 6.45) is 0. The Morgan fingerprint density at radius 2 is 2.17 bits per heavy atom. The molecule has 1 aromatic rings. The van der Waals surface area contributed by atoms with E-state index in [1.807, 2.05) is 0 Å². The Kier molecular flexibility index (Phi) is 3.61. The fourth-order valence-electron chi connectivity index (χ4n) is 1.53. The number of nitrogens with one attached hydrogen (secondary N) is 2. The first-order valence-electron chi connectivity index (χ1n) is 5.20. The van der Waals surface area contributed by atoms with Crippen molar-refractivity contribution in [1.82, 2.24) is 10.0 Å². The minimum Gasteiger partial charge on any atom is -0.386 e. The predicted molar refractivity (Wildman–Crippen MR) is 64.4 cm³/mol. The van der Waals surface area contributed by atoms with E-state index in [2.05, 4.69) is 10.0 Å². The van der Waals surface area contributed by atoms with Crippen LogP contribution in [0.5, 0.6) is 0 Å². The number of hydrogen-bond donors (Lipinski definition) is 3. The zero-order valence-electron chi connectivity index (χ0n) is 9.28. The van der Waals surface area contributed by atoms with Gasteiger partial charge in [0, 0.05) is 19.6 Å². The lowest BCUT2D eigenvalue weighted by Gasteiger charge is -2.37. The SMILES string of the molecule is O=S(=O)(NCC1(O)CNC1)c1cc(F)ccc1Cl. The molecule has 1 aliphatic heterocycles. The number of halogens is 2. The molecule has 1 heterocycles. The van der Waals surface area contributed by atoms with E-state index in [0.29, 0.717) is 13.1 Å². The van der Waals surface area contributed by atoms with Gasteiger partial charge in [-0.15, -0.1) is 0 Å². The normalized spacial score (nSPS) is 18.4. The Hall–Kier alpha value is -0.730. The first-order chi connectivity index (χ1) is 8.32. The molecule has 0 unspecified atom stereocenters. The number of benzene rings is 1. The van der Waals surface area contributed by atoms with Gasteiger partial charge in [0.2, 0.25) is 10.0 Å². The van der Waals surface area contributed by atoms with Crippen LogP contribution in [0.1, 0.15) is 0 Å². The maximum Gasteiger partial charge on any atom is 0.242 e. The molecule has 0 aromatic heterocycles. The first kappa shape index (κ1) is 13.7. The molecule has 100 valence electrons. The molecule has 8 heteroatoms. The first-order valence-corrected chi connectivity index (χ1v) is 7.06. The van der Waals surface area contributed by atoms with Crippen molar-refractivity contribution in [2.24, 2.45) is 0 Å². The second-order valence-electron chi connectivity index (χ2n) is 4.23. The van der Waals surface area contributed by atoms with Crippen LogP contribution >= 0.6 is 11.6 Å². The smallest absolute Gasteiger partial charge is 0.242 e. The van der Waals surface area contributed by atoms with Crippen LogP contribution in [0.15, 0.2) is 23.1 Å². The highest BCUT2D eigenvalue weighted by molar-refractivity contribution is 7.89. The van der Waals surface area contributed by atoms with Gasteiger partial charge in [-0.05, 0) is 18.2 Å². The molecule has 1 aromatic carbocycles. The lowest BCUT2D eigenvalue weighted by molar-refractivity contribution is -0.00397. The van der Waals surface area contributed by atoms with Gasteiger partial charge >= 0.3 is 0 Å². The van der Waals surface area contributed by atoms with Crippen LogP contribution in [-0.4, -0.2) is 38.8 Å². The standard InChI is InChI=1S/C10H12ClFN2O3S/c11-8-2-1-7(12)3-9(8)18(16,17)14-6-10(15)4-13-5-10/h1-3,13-15H,4-6H2. The Morgan fingerprint density at radius 3 is 2.72 bits per heavy atom. The zero-order valence-corrected chi connectivity index (χ0v) is 10.9. The van der Waals surface area contributed by atoms with E-state index in [1.54, 1.807) is 0 Å². The molecular formula is C10H12ClFN2O3S. The molecule has 0 aliphatic carbocycles. The maximum atomic E-state index is 13.0. The second kappa shape index (κ2) is 4.75. The monoisotopic (exact) mass is 294 g/mol. The second-order valence-corrected chi connectivity index (χ2v) is 6.37. The van der Waals surface area contributed by atoms with Gasteiger partial charge < -0.3 is 10.4 Å². The molecular weight excluding hydrogens is 283 g/mol. The minimum absolute atomic E-state index is 0.0670. The van der Waals surface area contributed by atoms with Crippen LogP contribution in [0.2, 0.25) is 5.02 Å². The van der Waals surface area contributed by atoms with Crippen molar-refractivity contribution < 1.29 is 17.9 Å². The van der Waals surface area contributed by atoms with E-state index in [4.69, 9.17) is 11.6 Å². The Balaban J connectivity index is 2.17. The summed E-state index contributed by atoms with van der Waals surface area (Å²) in [5, 5.41) is 12.5. The number of β-amino-alcohol motifs (C(OH)–C–C–N with tert-alkyl or cyclic N) is 1. The summed E-state index contributed by atoms with van der Waals surface area (Å²) in [5.41, 5.74) is -1.09. The van der Waals surface area contributed by atoms with E-state index in [-0.39, 0.29) is 16.5 Å². The van der Waals surface area contributed by atoms with Crippen LogP contribution in [0.3, 0.4) is 0 Å². The third-order valence-electron chi connectivity index (χ3n) is 2.68. The number of hydrogen-bond acceptors (Lipinski definition) is 4.